The predicted octanol–water partition coefficient (Wildman–Crippen LogP) is 1.58. The maximum absolute atomic E-state index is 10.4. The fraction of sp³-hybridized carbons (Fsp3) is 0.900. The zero-order valence-corrected chi connectivity index (χ0v) is 8.49. The summed E-state index contributed by atoms with van der Waals surface area (Å²) in [4.78, 5) is 12.8. The molecule has 76 valence electrons. The first-order valence-corrected chi connectivity index (χ1v) is 5.09. The average molecular weight is 185 g/mol. The van der Waals surface area contributed by atoms with E-state index < -0.39 is 5.97 Å². The van der Waals surface area contributed by atoms with Gasteiger partial charge in [0.25, 0.3) is 0 Å². The van der Waals surface area contributed by atoms with Crippen molar-refractivity contribution in [2.24, 2.45) is 5.92 Å². The zero-order chi connectivity index (χ0) is 9.84. The van der Waals surface area contributed by atoms with Crippen LogP contribution in [0, 0.1) is 5.92 Å². The summed E-state index contributed by atoms with van der Waals surface area (Å²) in [5.74, 6) is -0.260. The summed E-state index contributed by atoms with van der Waals surface area (Å²) in [5, 5.41) is 8.56. The molecule has 0 bridgehead atoms. The second kappa shape index (κ2) is 4.61. The maximum atomic E-state index is 10.4. The molecule has 1 rings (SSSR count). The Balaban J connectivity index is 2.13. The molecule has 1 heterocycles. The van der Waals surface area contributed by atoms with Gasteiger partial charge in [-0.25, -0.2) is 0 Å². The molecular formula is C10H19NO2. The molecule has 1 aliphatic heterocycles. The molecule has 0 aromatic carbocycles. The number of rotatable bonds is 5. The Labute approximate surface area is 79.7 Å². The van der Waals surface area contributed by atoms with Crippen LogP contribution < -0.4 is 0 Å². The van der Waals surface area contributed by atoms with Gasteiger partial charge in [-0.3, -0.25) is 9.69 Å². The van der Waals surface area contributed by atoms with Gasteiger partial charge in [0, 0.05) is 19.1 Å². The molecule has 1 unspecified atom stereocenters. The second-order valence-electron chi connectivity index (χ2n) is 4.06. The van der Waals surface area contributed by atoms with Gasteiger partial charge >= 0.3 is 5.97 Å². The number of likely N-dealkylation sites (tertiary alicyclic amines) is 1. The number of carbonyl (C=O) groups is 1. The average Bonchev–Trinajstić information content (AvgIpc) is 1.95. The van der Waals surface area contributed by atoms with E-state index in [2.05, 4.69) is 18.7 Å². The highest BCUT2D eigenvalue weighted by Gasteiger charge is 2.30. The fourth-order valence-corrected chi connectivity index (χ4v) is 1.95. The van der Waals surface area contributed by atoms with E-state index in [0.717, 1.165) is 13.1 Å². The number of hydrogen-bond acceptors (Lipinski definition) is 2. The molecule has 0 spiro atoms. The van der Waals surface area contributed by atoms with Crippen LogP contribution in [0.5, 0.6) is 0 Å². The minimum Gasteiger partial charge on any atom is -0.481 e. The Morgan fingerprint density at radius 3 is 2.69 bits per heavy atom. The summed E-state index contributed by atoms with van der Waals surface area (Å²) in [5.41, 5.74) is 0. The van der Waals surface area contributed by atoms with Crippen LogP contribution in [0.3, 0.4) is 0 Å². The third-order valence-electron chi connectivity index (χ3n) is 2.78. The van der Waals surface area contributed by atoms with Gasteiger partial charge in [0.1, 0.15) is 0 Å². The molecule has 3 heteroatoms. The monoisotopic (exact) mass is 185 g/mol. The summed E-state index contributed by atoms with van der Waals surface area (Å²) in [6.45, 7) is 6.37. The van der Waals surface area contributed by atoms with Crippen molar-refractivity contribution in [3.05, 3.63) is 0 Å². The minimum atomic E-state index is -0.659. The fourth-order valence-electron chi connectivity index (χ4n) is 1.95. The zero-order valence-electron chi connectivity index (χ0n) is 8.49. The maximum Gasteiger partial charge on any atom is 0.303 e. The number of carboxylic acids is 1. The Morgan fingerprint density at radius 2 is 2.23 bits per heavy atom. The van der Waals surface area contributed by atoms with Crippen LogP contribution in [-0.4, -0.2) is 35.1 Å². The molecule has 1 N–H and O–H groups in total. The lowest BCUT2D eigenvalue weighted by Gasteiger charge is -2.42. The van der Waals surface area contributed by atoms with Crippen molar-refractivity contribution >= 4 is 5.97 Å². The number of hydrogen-bond donors (Lipinski definition) is 1. The first kappa shape index (κ1) is 10.5. The number of carboxylic acid groups (broad SMARTS) is 1. The van der Waals surface area contributed by atoms with Crippen molar-refractivity contribution in [3.8, 4) is 0 Å². The van der Waals surface area contributed by atoms with E-state index in [4.69, 9.17) is 5.11 Å². The van der Waals surface area contributed by atoms with Crippen molar-refractivity contribution in [3.63, 3.8) is 0 Å². The lowest BCUT2D eigenvalue weighted by Crippen LogP contribution is -2.51. The largest absolute Gasteiger partial charge is 0.481 e. The Hall–Kier alpha value is -0.570. The highest BCUT2D eigenvalue weighted by molar-refractivity contribution is 5.67. The highest BCUT2D eigenvalue weighted by atomic mass is 16.4. The first-order chi connectivity index (χ1) is 6.13. The summed E-state index contributed by atoms with van der Waals surface area (Å²) >= 11 is 0. The third kappa shape index (κ3) is 2.99. The van der Waals surface area contributed by atoms with E-state index in [-0.39, 0.29) is 0 Å². The summed E-state index contributed by atoms with van der Waals surface area (Å²) in [7, 11) is 0. The normalized spacial score (nSPS) is 21.1. The van der Waals surface area contributed by atoms with E-state index in [0.29, 0.717) is 18.4 Å². The van der Waals surface area contributed by atoms with Gasteiger partial charge in [-0.15, -0.1) is 0 Å². The van der Waals surface area contributed by atoms with Gasteiger partial charge in [-0.1, -0.05) is 13.3 Å². The van der Waals surface area contributed by atoms with Crippen LogP contribution in [0.2, 0.25) is 0 Å². The summed E-state index contributed by atoms with van der Waals surface area (Å²) in [6, 6.07) is 0.634. The van der Waals surface area contributed by atoms with Gasteiger partial charge in [-0.05, 0) is 19.3 Å². The van der Waals surface area contributed by atoms with Crippen LogP contribution in [0.25, 0.3) is 0 Å². The van der Waals surface area contributed by atoms with Gasteiger partial charge in [0.05, 0.1) is 6.42 Å². The Bertz CT molecular complexity index is 176. The molecule has 0 aromatic heterocycles. The van der Waals surface area contributed by atoms with E-state index in [9.17, 15) is 4.79 Å². The molecule has 13 heavy (non-hydrogen) atoms. The van der Waals surface area contributed by atoms with Crippen LogP contribution in [0.15, 0.2) is 0 Å². The molecular weight excluding hydrogens is 166 g/mol. The summed E-state index contributed by atoms with van der Waals surface area (Å²) < 4.78 is 0. The third-order valence-corrected chi connectivity index (χ3v) is 2.78. The Kier molecular flexibility index (Phi) is 3.72. The topological polar surface area (TPSA) is 40.5 Å². The van der Waals surface area contributed by atoms with E-state index >= 15 is 0 Å². The van der Waals surface area contributed by atoms with Crippen molar-refractivity contribution in [2.75, 3.05) is 13.1 Å². The van der Waals surface area contributed by atoms with E-state index in [1.165, 1.54) is 12.8 Å². The van der Waals surface area contributed by atoms with Crippen molar-refractivity contribution in [1.29, 1.82) is 0 Å². The second-order valence-corrected chi connectivity index (χ2v) is 4.06. The Morgan fingerprint density at radius 1 is 1.62 bits per heavy atom. The van der Waals surface area contributed by atoms with Crippen LogP contribution >= 0.6 is 0 Å². The number of aliphatic carboxylic acids is 1. The standard InChI is InChI=1S/C10H19NO2/c1-3-4-8(2)11-6-9(7-11)5-10(12)13/h8-9H,3-7H2,1-2H3,(H,12,13). The quantitative estimate of drug-likeness (QED) is 0.707. The number of nitrogens with zero attached hydrogens (tertiary/aromatic N) is 1. The SMILES string of the molecule is CCCC(C)N1CC(CC(=O)O)C1. The molecule has 1 atom stereocenters. The van der Waals surface area contributed by atoms with Gasteiger partial charge < -0.3 is 5.11 Å². The van der Waals surface area contributed by atoms with E-state index in [1.54, 1.807) is 0 Å². The summed E-state index contributed by atoms with van der Waals surface area (Å²) in [6.07, 6.45) is 2.77. The van der Waals surface area contributed by atoms with Crippen molar-refractivity contribution < 1.29 is 9.90 Å². The van der Waals surface area contributed by atoms with Crippen LogP contribution in [-0.2, 0) is 4.79 Å². The molecule has 1 saturated heterocycles. The lowest BCUT2D eigenvalue weighted by molar-refractivity contribution is -0.139. The predicted molar refractivity (Wildman–Crippen MR) is 51.7 cm³/mol. The highest BCUT2D eigenvalue weighted by Crippen LogP contribution is 2.23. The van der Waals surface area contributed by atoms with Crippen molar-refractivity contribution in [2.45, 2.75) is 39.2 Å². The van der Waals surface area contributed by atoms with Crippen LogP contribution in [0.4, 0.5) is 0 Å². The van der Waals surface area contributed by atoms with Gasteiger partial charge in [-0.2, -0.15) is 0 Å². The molecule has 3 nitrogen and oxygen atoms in total. The molecule has 1 fully saturated rings. The molecule has 0 amide bonds. The minimum absolute atomic E-state index is 0.343. The van der Waals surface area contributed by atoms with Crippen LogP contribution in [0.1, 0.15) is 33.1 Å². The van der Waals surface area contributed by atoms with Gasteiger partial charge in [0.15, 0.2) is 0 Å². The molecule has 0 aliphatic carbocycles. The molecule has 0 aromatic rings. The molecule has 1 aliphatic rings. The smallest absolute Gasteiger partial charge is 0.303 e. The van der Waals surface area contributed by atoms with Crippen molar-refractivity contribution in [1.82, 2.24) is 4.90 Å². The lowest BCUT2D eigenvalue weighted by atomic mass is 9.93. The molecule has 0 radical (unpaired) electrons. The van der Waals surface area contributed by atoms with Gasteiger partial charge in [0.2, 0.25) is 0 Å². The molecule has 0 saturated carbocycles. The first-order valence-electron chi connectivity index (χ1n) is 5.09. The van der Waals surface area contributed by atoms with E-state index in [1.807, 2.05) is 0 Å².